The fraction of sp³-hybridized carbons (Fsp3) is 0.714. The molecule has 1 aliphatic heterocycles. The lowest BCUT2D eigenvalue weighted by atomic mass is 9.78. The fourth-order valence-electron chi connectivity index (χ4n) is 2.88. The summed E-state index contributed by atoms with van der Waals surface area (Å²) < 4.78 is 1.83. The van der Waals surface area contributed by atoms with Crippen LogP contribution < -0.4 is 5.32 Å². The van der Waals surface area contributed by atoms with Crippen molar-refractivity contribution < 1.29 is 0 Å². The summed E-state index contributed by atoms with van der Waals surface area (Å²) in [6.07, 6.45) is 7.25. The summed E-state index contributed by atoms with van der Waals surface area (Å²) in [5, 5.41) is 9.15. The van der Waals surface area contributed by atoms with Crippen molar-refractivity contribution in [3.05, 3.63) is 18.0 Å². The number of thioether (sulfide) groups is 1. The fourth-order valence-corrected chi connectivity index (χ4v) is 4.09. The number of nitrogens with one attached hydrogen (secondary N) is 1. The molecule has 4 nitrogen and oxygen atoms in total. The highest BCUT2D eigenvalue weighted by molar-refractivity contribution is 8.14. The van der Waals surface area contributed by atoms with E-state index >= 15 is 0 Å². The minimum absolute atomic E-state index is 0.333. The maximum Gasteiger partial charge on any atom is 0.157 e. The average molecular weight is 278 g/mol. The molecule has 2 aliphatic rings. The first-order valence-electron chi connectivity index (χ1n) is 7.09. The molecule has 0 radical (unpaired) electrons. The first kappa shape index (κ1) is 13.0. The predicted octanol–water partition coefficient (Wildman–Crippen LogP) is 2.56. The summed E-state index contributed by atoms with van der Waals surface area (Å²) in [7, 11) is 1.94. The van der Waals surface area contributed by atoms with Gasteiger partial charge in [-0.05, 0) is 37.7 Å². The molecule has 0 amide bonds. The zero-order valence-electron chi connectivity index (χ0n) is 11.7. The van der Waals surface area contributed by atoms with Gasteiger partial charge in [-0.1, -0.05) is 18.7 Å². The average Bonchev–Trinajstić information content (AvgIpc) is 2.99. The van der Waals surface area contributed by atoms with Crippen LogP contribution in [0.5, 0.6) is 0 Å². The summed E-state index contributed by atoms with van der Waals surface area (Å²) in [5.41, 5.74) is 1.37. The Bertz CT molecular complexity index is 472. The predicted molar refractivity (Wildman–Crippen MR) is 80.3 cm³/mol. The van der Waals surface area contributed by atoms with Crippen molar-refractivity contribution in [2.24, 2.45) is 18.0 Å². The zero-order valence-corrected chi connectivity index (χ0v) is 12.5. The molecule has 1 saturated heterocycles. The van der Waals surface area contributed by atoms with Crippen molar-refractivity contribution in [2.45, 2.75) is 44.7 Å². The van der Waals surface area contributed by atoms with E-state index in [9.17, 15) is 0 Å². The number of nitrogens with zero attached hydrogens (tertiary/aromatic N) is 3. The van der Waals surface area contributed by atoms with Gasteiger partial charge in [0.2, 0.25) is 0 Å². The van der Waals surface area contributed by atoms with Gasteiger partial charge in [0.25, 0.3) is 0 Å². The molecule has 2 fully saturated rings. The Morgan fingerprint density at radius 2 is 2.32 bits per heavy atom. The SMILES string of the molecule is CC1CCC2(CC1)CSC(=NCc1ccn(C)n1)N2. The Hall–Kier alpha value is -0.970. The van der Waals surface area contributed by atoms with Crippen LogP contribution in [0.15, 0.2) is 17.3 Å². The third-order valence-electron chi connectivity index (χ3n) is 4.24. The van der Waals surface area contributed by atoms with E-state index in [4.69, 9.17) is 0 Å². The van der Waals surface area contributed by atoms with Gasteiger partial charge in [-0.15, -0.1) is 0 Å². The molecular formula is C14H22N4S. The highest BCUT2D eigenvalue weighted by Gasteiger charge is 2.39. The highest BCUT2D eigenvalue weighted by atomic mass is 32.2. The van der Waals surface area contributed by atoms with Crippen LogP contribution in [0.1, 0.15) is 38.3 Å². The number of aromatic nitrogens is 2. The summed E-state index contributed by atoms with van der Waals surface area (Å²) in [5.74, 6) is 2.08. The maximum absolute atomic E-state index is 4.67. The second-order valence-corrected chi connectivity index (χ2v) is 6.94. The largest absolute Gasteiger partial charge is 0.359 e. The van der Waals surface area contributed by atoms with Crippen LogP contribution >= 0.6 is 11.8 Å². The van der Waals surface area contributed by atoms with Gasteiger partial charge in [0.1, 0.15) is 0 Å². The van der Waals surface area contributed by atoms with Crippen LogP contribution in [-0.4, -0.2) is 26.2 Å². The maximum atomic E-state index is 4.67. The second kappa shape index (κ2) is 5.19. The zero-order chi connectivity index (χ0) is 13.3. The van der Waals surface area contributed by atoms with Gasteiger partial charge in [-0.2, -0.15) is 5.10 Å². The Labute approximate surface area is 119 Å². The Kier molecular flexibility index (Phi) is 3.56. The van der Waals surface area contributed by atoms with E-state index in [-0.39, 0.29) is 0 Å². The van der Waals surface area contributed by atoms with E-state index in [1.165, 1.54) is 31.4 Å². The molecule has 1 aliphatic carbocycles. The van der Waals surface area contributed by atoms with Crippen LogP contribution in [-0.2, 0) is 13.6 Å². The third kappa shape index (κ3) is 2.96. The van der Waals surface area contributed by atoms with E-state index < -0.39 is 0 Å². The number of amidine groups is 1. The number of rotatable bonds is 2. The highest BCUT2D eigenvalue weighted by Crippen LogP contribution is 2.38. The Morgan fingerprint density at radius 3 is 3.00 bits per heavy atom. The number of aryl methyl sites for hydroxylation is 1. The smallest absolute Gasteiger partial charge is 0.157 e. The molecule has 0 atom stereocenters. The van der Waals surface area contributed by atoms with Crippen molar-refractivity contribution in [2.75, 3.05) is 5.75 Å². The molecule has 0 aromatic carbocycles. The first-order valence-corrected chi connectivity index (χ1v) is 8.08. The van der Waals surface area contributed by atoms with E-state index in [0.717, 1.165) is 16.8 Å². The molecule has 104 valence electrons. The molecule has 1 saturated carbocycles. The van der Waals surface area contributed by atoms with Crippen molar-refractivity contribution in [3.8, 4) is 0 Å². The molecule has 0 bridgehead atoms. The molecular weight excluding hydrogens is 256 g/mol. The van der Waals surface area contributed by atoms with E-state index in [1.807, 2.05) is 35.8 Å². The van der Waals surface area contributed by atoms with Gasteiger partial charge in [0, 0.05) is 24.5 Å². The first-order chi connectivity index (χ1) is 9.15. The molecule has 1 aromatic heterocycles. The van der Waals surface area contributed by atoms with Gasteiger partial charge >= 0.3 is 0 Å². The van der Waals surface area contributed by atoms with Crippen LogP contribution in [0.2, 0.25) is 0 Å². The molecule has 1 aromatic rings. The van der Waals surface area contributed by atoms with E-state index in [0.29, 0.717) is 12.1 Å². The minimum atomic E-state index is 0.333. The van der Waals surface area contributed by atoms with Crippen LogP contribution in [0, 0.1) is 5.92 Å². The van der Waals surface area contributed by atoms with Crippen molar-refractivity contribution in [3.63, 3.8) is 0 Å². The lowest BCUT2D eigenvalue weighted by molar-refractivity contribution is 0.251. The molecule has 3 rings (SSSR count). The second-order valence-electron chi connectivity index (χ2n) is 5.98. The van der Waals surface area contributed by atoms with Crippen molar-refractivity contribution in [1.82, 2.24) is 15.1 Å². The van der Waals surface area contributed by atoms with Crippen LogP contribution in [0.25, 0.3) is 0 Å². The summed E-state index contributed by atoms with van der Waals surface area (Å²) >= 11 is 1.88. The normalized spacial score (nSPS) is 32.9. The molecule has 1 N–H and O–H groups in total. The molecule has 19 heavy (non-hydrogen) atoms. The summed E-state index contributed by atoms with van der Waals surface area (Å²) in [6, 6.07) is 2.03. The van der Waals surface area contributed by atoms with Crippen LogP contribution in [0.4, 0.5) is 0 Å². The van der Waals surface area contributed by atoms with Gasteiger partial charge in [-0.25, -0.2) is 0 Å². The topological polar surface area (TPSA) is 42.2 Å². The number of hydrogen-bond acceptors (Lipinski definition) is 3. The number of hydrogen-bond donors (Lipinski definition) is 1. The van der Waals surface area contributed by atoms with Gasteiger partial charge in [0.05, 0.1) is 12.2 Å². The third-order valence-corrected chi connectivity index (χ3v) is 5.44. The van der Waals surface area contributed by atoms with Crippen LogP contribution in [0.3, 0.4) is 0 Å². The van der Waals surface area contributed by atoms with Gasteiger partial charge < -0.3 is 5.32 Å². The van der Waals surface area contributed by atoms with E-state index in [1.54, 1.807) is 0 Å². The van der Waals surface area contributed by atoms with Crippen molar-refractivity contribution >= 4 is 16.9 Å². The monoisotopic (exact) mass is 278 g/mol. The Balaban J connectivity index is 1.59. The molecule has 1 spiro atoms. The summed E-state index contributed by atoms with van der Waals surface area (Å²) in [4.78, 5) is 4.67. The standard InChI is InChI=1S/C14H22N4S/c1-11-3-6-14(7-4-11)10-19-13(16-14)15-9-12-5-8-18(2)17-12/h5,8,11H,3-4,6-7,9-10H2,1-2H3,(H,15,16). The van der Waals surface area contributed by atoms with E-state index in [2.05, 4.69) is 22.3 Å². The molecule has 5 heteroatoms. The quantitative estimate of drug-likeness (QED) is 0.904. The summed E-state index contributed by atoms with van der Waals surface area (Å²) in [6.45, 7) is 3.05. The number of aliphatic imine (C=N–C) groups is 1. The molecule has 2 heterocycles. The lowest BCUT2D eigenvalue weighted by Crippen LogP contribution is -2.46. The Morgan fingerprint density at radius 1 is 1.53 bits per heavy atom. The molecule has 0 unspecified atom stereocenters. The van der Waals surface area contributed by atoms with Crippen molar-refractivity contribution in [1.29, 1.82) is 0 Å². The van der Waals surface area contributed by atoms with Gasteiger partial charge in [0.15, 0.2) is 5.17 Å². The van der Waals surface area contributed by atoms with Gasteiger partial charge in [-0.3, -0.25) is 9.67 Å². The lowest BCUT2D eigenvalue weighted by Gasteiger charge is -2.35. The minimum Gasteiger partial charge on any atom is -0.359 e.